The number of hydrogen-bond acceptors (Lipinski definition) is 4. The lowest BCUT2D eigenvalue weighted by Crippen LogP contribution is -2.41. The van der Waals surface area contributed by atoms with Gasteiger partial charge in [0.1, 0.15) is 5.75 Å². The third kappa shape index (κ3) is 6.03. The molecule has 1 aromatic rings. The summed E-state index contributed by atoms with van der Waals surface area (Å²) in [7, 11) is 0. The molecule has 1 fully saturated rings. The first kappa shape index (κ1) is 16.8. The van der Waals surface area contributed by atoms with Crippen LogP contribution in [-0.2, 0) is 16.0 Å². The van der Waals surface area contributed by atoms with Crippen molar-refractivity contribution in [1.82, 2.24) is 10.2 Å². The second kappa shape index (κ2) is 9.43. The molecule has 0 aromatic heterocycles. The third-order valence-corrected chi connectivity index (χ3v) is 3.78. The fourth-order valence-electron chi connectivity index (χ4n) is 2.35. The maximum atomic E-state index is 11.7. The summed E-state index contributed by atoms with van der Waals surface area (Å²) in [5.41, 5.74) is 1.29. The summed E-state index contributed by atoms with van der Waals surface area (Å²) in [6, 6.07) is 8.01. The molecule has 1 aromatic carbocycles. The quantitative estimate of drug-likeness (QED) is 0.790. The number of carbonyl (C=O) groups is 1. The zero-order valence-corrected chi connectivity index (χ0v) is 13.3. The highest BCUT2D eigenvalue weighted by molar-refractivity contribution is 5.75. The SMILES string of the molecule is CCc1ccc(OCCC(=O)NCCN2CCOCC2)cc1. The van der Waals surface area contributed by atoms with Crippen LogP contribution in [0.5, 0.6) is 5.75 Å². The molecule has 0 bridgehead atoms. The normalized spacial score (nSPS) is 15.5. The molecule has 0 atom stereocenters. The van der Waals surface area contributed by atoms with Crippen LogP contribution in [0.1, 0.15) is 18.9 Å². The van der Waals surface area contributed by atoms with E-state index in [4.69, 9.17) is 9.47 Å². The smallest absolute Gasteiger partial charge is 0.223 e. The van der Waals surface area contributed by atoms with Crippen LogP contribution in [0.15, 0.2) is 24.3 Å². The molecule has 1 amide bonds. The van der Waals surface area contributed by atoms with Gasteiger partial charge in [-0.3, -0.25) is 9.69 Å². The second-order valence-electron chi connectivity index (χ2n) is 5.40. The Morgan fingerprint density at radius 2 is 2.00 bits per heavy atom. The van der Waals surface area contributed by atoms with Gasteiger partial charge in [-0.1, -0.05) is 19.1 Å². The number of hydrogen-bond donors (Lipinski definition) is 1. The molecule has 22 heavy (non-hydrogen) atoms. The largest absolute Gasteiger partial charge is 0.493 e. The van der Waals surface area contributed by atoms with E-state index in [1.54, 1.807) is 0 Å². The van der Waals surface area contributed by atoms with Crippen LogP contribution in [0.3, 0.4) is 0 Å². The van der Waals surface area contributed by atoms with Crippen molar-refractivity contribution in [3.63, 3.8) is 0 Å². The van der Waals surface area contributed by atoms with E-state index in [9.17, 15) is 4.79 Å². The van der Waals surface area contributed by atoms with Gasteiger partial charge in [-0.05, 0) is 24.1 Å². The third-order valence-electron chi connectivity index (χ3n) is 3.78. The highest BCUT2D eigenvalue weighted by atomic mass is 16.5. The Labute approximate surface area is 132 Å². The summed E-state index contributed by atoms with van der Waals surface area (Å²) in [4.78, 5) is 14.0. The summed E-state index contributed by atoms with van der Waals surface area (Å²) in [6.45, 7) is 7.58. The number of nitrogens with zero attached hydrogens (tertiary/aromatic N) is 1. The first-order valence-electron chi connectivity index (χ1n) is 8.06. The van der Waals surface area contributed by atoms with Gasteiger partial charge in [0.05, 0.1) is 26.2 Å². The van der Waals surface area contributed by atoms with E-state index < -0.39 is 0 Å². The fraction of sp³-hybridized carbons (Fsp3) is 0.588. The minimum atomic E-state index is 0.0402. The van der Waals surface area contributed by atoms with E-state index in [0.717, 1.165) is 45.0 Å². The number of nitrogens with one attached hydrogen (secondary N) is 1. The number of amides is 1. The minimum absolute atomic E-state index is 0.0402. The van der Waals surface area contributed by atoms with Crippen molar-refractivity contribution in [3.05, 3.63) is 29.8 Å². The Bertz CT molecular complexity index is 442. The van der Waals surface area contributed by atoms with Crippen LogP contribution in [0.2, 0.25) is 0 Å². The highest BCUT2D eigenvalue weighted by Crippen LogP contribution is 2.12. The lowest BCUT2D eigenvalue weighted by Gasteiger charge is -2.26. The average molecular weight is 306 g/mol. The van der Waals surface area contributed by atoms with E-state index in [0.29, 0.717) is 19.6 Å². The first-order chi connectivity index (χ1) is 10.8. The molecule has 122 valence electrons. The molecule has 1 saturated heterocycles. The van der Waals surface area contributed by atoms with Crippen molar-refractivity contribution < 1.29 is 14.3 Å². The second-order valence-corrected chi connectivity index (χ2v) is 5.40. The van der Waals surface area contributed by atoms with Crippen LogP contribution in [0, 0.1) is 0 Å². The molecule has 0 radical (unpaired) electrons. The van der Waals surface area contributed by atoms with Gasteiger partial charge in [0.25, 0.3) is 0 Å². The van der Waals surface area contributed by atoms with Gasteiger partial charge in [0.2, 0.25) is 5.91 Å². The van der Waals surface area contributed by atoms with Crippen molar-refractivity contribution in [2.75, 3.05) is 46.0 Å². The number of morpholine rings is 1. The summed E-state index contributed by atoms with van der Waals surface area (Å²) in [5, 5.41) is 2.93. The van der Waals surface area contributed by atoms with E-state index in [-0.39, 0.29) is 5.91 Å². The van der Waals surface area contributed by atoms with E-state index in [1.807, 2.05) is 12.1 Å². The maximum absolute atomic E-state index is 11.7. The molecular formula is C17H26N2O3. The van der Waals surface area contributed by atoms with Gasteiger partial charge in [0.15, 0.2) is 0 Å². The Balaban J connectivity index is 1.55. The fourth-order valence-corrected chi connectivity index (χ4v) is 2.35. The van der Waals surface area contributed by atoms with Crippen molar-refractivity contribution in [2.45, 2.75) is 19.8 Å². The molecule has 1 aliphatic rings. The van der Waals surface area contributed by atoms with Crippen LogP contribution in [0.4, 0.5) is 0 Å². The Morgan fingerprint density at radius 3 is 2.68 bits per heavy atom. The van der Waals surface area contributed by atoms with E-state index in [1.165, 1.54) is 5.56 Å². The van der Waals surface area contributed by atoms with E-state index >= 15 is 0 Å². The monoisotopic (exact) mass is 306 g/mol. The Hall–Kier alpha value is -1.59. The number of benzene rings is 1. The lowest BCUT2D eigenvalue weighted by atomic mass is 10.2. The van der Waals surface area contributed by atoms with Gasteiger partial charge in [-0.15, -0.1) is 0 Å². The van der Waals surface area contributed by atoms with Crippen LogP contribution >= 0.6 is 0 Å². The minimum Gasteiger partial charge on any atom is -0.493 e. The molecule has 5 nitrogen and oxygen atoms in total. The average Bonchev–Trinajstić information content (AvgIpc) is 2.56. The number of rotatable bonds is 8. The summed E-state index contributed by atoms with van der Waals surface area (Å²) in [5.74, 6) is 0.858. The van der Waals surface area contributed by atoms with Gasteiger partial charge < -0.3 is 14.8 Å². The molecule has 5 heteroatoms. The lowest BCUT2D eigenvalue weighted by molar-refractivity contribution is -0.121. The first-order valence-corrected chi connectivity index (χ1v) is 8.06. The predicted molar refractivity (Wildman–Crippen MR) is 86.2 cm³/mol. The molecule has 1 aliphatic heterocycles. The molecule has 2 rings (SSSR count). The number of carbonyl (C=O) groups excluding carboxylic acids is 1. The van der Waals surface area contributed by atoms with Crippen molar-refractivity contribution >= 4 is 5.91 Å². The molecule has 0 unspecified atom stereocenters. The van der Waals surface area contributed by atoms with E-state index in [2.05, 4.69) is 29.3 Å². The molecule has 0 saturated carbocycles. The molecular weight excluding hydrogens is 280 g/mol. The topological polar surface area (TPSA) is 50.8 Å². The van der Waals surface area contributed by atoms with Crippen LogP contribution in [0.25, 0.3) is 0 Å². The summed E-state index contributed by atoms with van der Waals surface area (Å²) >= 11 is 0. The highest BCUT2D eigenvalue weighted by Gasteiger charge is 2.10. The molecule has 0 spiro atoms. The molecule has 0 aliphatic carbocycles. The van der Waals surface area contributed by atoms with Crippen molar-refractivity contribution in [3.8, 4) is 5.75 Å². The van der Waals surface area contributed by atoms with Crippen molar-refractivity contribution in [2.24, 2.45) is 0 Å². The summed E-state index contributed by atoms with van der Waals surface area (Å²) in [6.07, 6.45) is 1.41. The molecule has 1 heterocycles. The zero-order chi connectivity index (χ0) is 15.6. The van der Waals surface area contributed by atoms with Gasteiger partial charge in [-0.25, -0.2) is 0 Å². The zero-order valence-electron chi connectivity index (χ0n) is 13.3. The Kier molecular flexibility index (Phi) is 7.19. The molecule has 1 N–H and O–H groups in total. The van der Waals surface area contributed by atoms with Crippen molar-refractivity contribution in [1.29, 1.82) is 0 Å². The standard InChI is InChI=1S/C17H26N2O3/c1-2-15-3-5-16(6-4-15)22-12-7-17(20)18-8-9-19-10-13-21-14-11-19/h3-6H,2,7-14H2,1H3,(H,18,20). The number of ether oxygens (including phenoxy) is 2. The number of aryl methyl sites for hydroxylation is 1. The Morgan fingerprint density at radius 1 is 1.27 bits per heavy atom. The van der Waals surface area contributed by atoms with Gasteiger partial charge >= 0.3 is 0 Å². The van der Waals surface area contributed by atoms with Gasteiger partial charge in [-0.2, -0.15) is 0 Å². The van der Waals surface area contributed by atoms with Gasteiger partial charge in [0, 0.05) is 26.2 Å². The predicted octanol–water partition coefficient (Wildman–Crippen LogP) is 1.47. The van der Waals surface area contributed by atoms with Crippen LogP contribution in [-0.4, -0.2) is 56.8 Å². The summed E-state index contributed by atoms with van der Waals surface area (Å²) < 4.78 is 10.9. The van der Waals surface area contributed by atoms with Crippen LogP contribution < -0.4 is 10.1 Å². The maximum Gasteiger partial charge on any atom is 0.223 e.